The van der Waals surface area contributed by atoms with Crippen LogP contribution in [0.4, 0.5) is 13.2 Å². The molecular formula is C16H19F3N2O2. The van der Waals surface area contributed by atoms with Gasteiger partial charge >= 0.3 is 6.36 Å². The summed E-state index contributed by atoms with van der Waals surface area (Å²) < 4.78 is 40.8. The Hall–Kier alpha value is -1.76. The number of ether oxygens (including phenoxy) is 1. The summed E-state index contributed by atoms with van der Waals surface area (Å²) in [7, 11) is 0. The summed E-state index contributed by atoms with van der Waals surface area (Å²) in [4.78, 5) is 14.3. The highest BCUT2D eigenvalue weighted by atomic mass is 19.4. The average Bonchev–Trinajstić information content (AvgIpc) is 2.85. The van der Waals surface area contributed by atoms with Gasteiger partial charge in [0.05, 0.1) is 5.41 Å². The summed E-state index contributed by atoms with van der Waals surface area (Å²) in [5.41, 5.74) is 0.429. The largest absolute Gasteiger partial charge is 0.573 e. The Labute approximate surface area is 132 Å². The van der Waals surface area contributed by atoms with E-state index < -0.39 is 6.36 Å². The molecule has 2 aliphatic rings. The molecule has 1 atom stereocenters. The molecule has 1 spiro atoms. The van der Waals surface area contributed by atoms with Crippen LogP contribution in [0.3, 0.4) is 0 Å². The zero-order valence-corrected chi connectivity index (χ0v) is 12.7. The fourth-order valence-corrected chi connectivity index (χ4v) is 3.51. The van der Waals surface area contributed by atoms with E-state index in [1.165, 1.54) is 12.1 Å². The average molecular weight is 328 g/mol. The van der Waals surface area contributed by atoms with Gasteiger partial charge in [-0.3, -0.25) is 9.69 Å². The number of amides is 1. The van der Waals surface area contributed by atoms with Gasteiger partial charge in [0.15, 0.2) is 0 Å². The number of nitrogens with zero attached hydrogens (tertiary/aromatic N) is 1. The minimum absolute atomic E-state index is 0.111. The second-order valence-electron chi connectivity index (χ2n) is 6.30. The van der Waals surface area contributed by atoms with E-state index in [1.54, 1.807) is 12.1 Å². The number of halogens is 3. The molecule has 2 saturated heterocycles. The van der Waals surface area contributed by atoms with E-state index in [0.717, 1.165) is 37.9 Å². The first kappa shape index (κ1) is 16.1. The molecule has 0 radical (unpaired) electrons. The van der Waals surface area contributed by atoms with Crippen molar-refractivity contribution < 1.29 is 22.7 Å². The maximum Gasteiger partial charge on any atom is 0.573 e. The number of hydrogen-bond acceptors (Lipinski definition) is 3. The number of likely N-dealkylation sites (tertiary alicyclic amines) is 1. The number of piperidine rings is 1. The van der Waals surface area contributed by atoms with Crippen LogP contribution in [0.2, 0.25) is 0 Å². The van der Waals surface area contributed by atoms with Gasteiger partial charge in [0.2, 0.25) is 5.91 Å². The van der Waals surface area contributed by atoms with E-state index in [-0.39, 0.29) is 17.1 Å². The summed E-state index contributed by atoms with van der Waals surface area (Å²) in [6.07, 6.45) is -2.02. The lowest BCUT2D eigenvalue weighted by Crippen LogP contribution is -2.47. The molecule has 0 unspecified atom stereocenters. The van der Waals surface area contributed by atoms with Crippen LogP contribution in [-0.4, -0.2) is 36.8 Å². The molecule has 23 heavy (non-hydrogen) atoms. The molecule has 2 heterocycles. The molecule has 0 saturated carbocycles. The van der Waals surface area contributed by atoms with Crippen LogP contribution in [0.5, 0.6) is 5.75 Å². The lowest BCUT2D eigenvalue weighted by Gasteiger charge is -2.32. The number of benzene rings is 1. The van der Waals surface area contributed by atoms with Crippen LogP contribution in [0.25, 0.3) is 0 Å². The lowest BCUT2D eigenvalue weighted by molar-refractivity contribution is -0.274. The molecule has 0 aromatic heterocycles. The van der Waals surface area contributed by atoms with Gasteiger partial charge in [-0.2, -0.15) is 0 Å². The van der Waals surface area contributed by atoms with Gasteiger partial charge in [0, 0.05) is 19.6 Å². The van der Waals surface area contributed by atoms with Gasteiger partial charge in [-0.25, -0.2) is 0 Å². The van der Waals surface area contributed by atoms with E-state index in [9.17, 15) is 18.0 Å². The van der Waals surface area contributed by atoms with Crippen LogP contribution < -0.4 is 10.1 Å². The van der Waals surface area contributed by atoms with Gasteiger partial charge < -0.3 is 10.1 Å². The topological polar surface area (TPSA) is 41.6 Å². The Kier molecular flexibility index (Phi) is 4.23. The Morgan fingerprint density at radius 1 is 1.30 bits per heavy atom. The second-order valence-corrected chi connectivity index (χ2v) is 6.30. The van der Waals surface area contributed by atoms with Gasteiger partial charge in [-0.15, -0.1) is 13.2 Å². The fraction of sp³-hybridized carbons (Fsp3) is 0.562. The molecule has 2 aliphatic heterocycles. The molecule has 3 rings (SSSR count). The number of carbonyl (C=O) groups excluding carboxylic acids is 1. The molecule has 2 fully saturated rings. The van der Waals surface area contributed by atoms with E-state index >= 15 is 0 Å². The lowest BCUT2D eigenvalue weighted by atomic mass is 9.79. The third kappa shape index (κ3) is 3.77. The minimum Gasteiger partial charge on any atom is -0.406 e. The minimum atomic E-state index is -4.68. The standard InChI is InChI=1S/C16H19F3N2O2/c17-16(18,19)23-13-4-1-3-12(9-13)10-21-8-6-15(11-21)5-2-7-20-14(15)22/h1,3-4,9H,2,5-8,10-11H2,(H,20,22)/t15-/m0/s1. The highest BCUT2D eigenvalue weighted by Gasteiger charge is 2.45. The van der Waals surface area contributed by atoms with E-state index in [2.05, 4.69) is 15.0 Å². The Balaban J connectivity index is 1.64. The first-order valence-electron chi connectivity index (χ1n) is 7.72. The highest BCUT2D eigenvalue weighted by molar-refractivity contribution is 5.83. The van der Waals surface area contributed by atoms with Gasteiger partial charge in [0.1, 0.15) is 5.75 Å². The van der Waals surface area contributed by atoms with Crippen molar-refractivity contribution in [2.24, 2.45) is 5.41 Å². The number of hydrogen-bond donors (Lipinski definition) is 1. The monoisotopic (exact) mass is 328 g/mol. The number of carbonyl (C=O) groups is 1. The van der Waals surface area contributed by atoms with Gasteiger partial charge in [0.25, 0.3) is 0 Å². The van der Waals surface area contributed by atoms with Crippen molar-refractivity contribution >= 4 is 5.91 Å². The van der Waals surface area contributed by atoms with Crippen LogP contribution in [0.15, 0.2) is 24.3 Å². The van der Waals surface area contributed by atoms with Crippen molar-refractivity contribution in [3.05, 3.63) is 29.8 Å². The zero-order valence-electron chi connectivity index (χ0n) is 12.7. The van der Waals surface area contributed by atoms with E-state index in [1.807, 2.05) is 0 Å². The first-order valence-corrected chi connectivity index (χ1v) is 7.72. The Morgan fingerprint density at radius 2 is 2.13 bits per heavy atom. The SMILES string of the molecule is O=C1NCCC[C@@]12CCN(Cc1cccc(OC(F)(F)F)c1)C2. The smallest absolute Gasteiger partial charge is 0.406 e. The van der Waals surface area contributed by atoms with Crippen molar-refractivity contribution in [3.8, 4) is 5.75 Å². The van der Waals surface area contributed by atoms with E-state index in [4.69, 9.17) is 0 Å². The fourth-order valence-electron chi connectivity index (χ4n) is 3.51. The van der Waals surface area contributed by atoms with Crippen LogP contribution in [0.1, 0.15) is 24.8 Å². The summed E-state index contributed by atoms with van der Waals surface area (Å²) in [5, 5.41) is 2.92. The van der Waals surface area contributed by atoms with Gasteiger partial charge in [-0.05, 0) is 43.5 Å². The van der Waals surface area contributed by atoms with Gasteiger partial charge in [-0.1, -0.05) is 12.1 Å². The van der Waals surface area contributed by atoms with Crippen molar-refractivity contribution in [3.63, 3.8) is 0 Å². The van der Waals surface area contributed by atoms with Crippen molar-refractivity contribution in [1.29, 1.82) is 0 Å². The summed E-state index contributed by atoms with van der Waals surface area (Å²) in [6.45, 7) is 2.68. The van der Waals surface area contributed by atoms with E-state index in [0.29, 0.717) is 13.1 Å². The second kappa shape index (κ2) is 6.03. The molecule has 126 valence electrons. The van der Waals surface area contributed by atoms with Crippen LogP contribution in [-0.2, 0) is 11.3 Å². The molecular weight excluding hydrogens is 309 g/mol. The summed E-state index contributed by atoms with van der Waals surface area (Å²) >= 11 is 0. The Morgan fingerprint density at radius 3 is 2.87 bits per heavy atom. The Bertz CT molecular complexity index is 591. The predicted octanol–water partition coefficient (Wildman–Crippen LogP) is 2.69. The number of nitrogens with one attached hydrogen (secondary N) is 1. The molecule has 1 N–H and O–H groups in total. The highest BCUT2D eigenvalue weighted by Crippen LogP contribution is 2.38. The number of rotatable bonds is 3. The predicted molar refractivity (Wildman–Crippen MR) is 77.7 cm³/mol. The normalized spacial score (nSPS) is 25.6. The first-order chi connectivity index (χ1) is 10.9. The van der Waals surface area contributed by atoms with Crippen molar-refractivity contribution in [1.82, 2.24) is 10.2 Å². The molecule has 4 nitrogen and oxygen atoms in total. The van der Waals surface area contributed by atoms with Crippen LogP contribution in [0, 0.1) is 5.41 Å². The maximum absolute atomic E-state index is 12.3. The molecule has 0 bridgehead atoms. The molecule has 1 amide bonds. The van der Waals surface area contributed by atoms with Crippen LogP contribution >= 0.6 is 0 Å². The quantitative estimate of drug-likeness (QED) is 0.928. The third-order valence-corrected chi connectivity index (χ3v) is 4.57. The molecule has 7 heteroatoms. The molecule has 1 aromatic rings. The molecule has 0 aliphatic carbocycles. The zero-order chi connectivity index (χ0) is 16.5. The van der Waals surface area contributed by atoms with Crippen molar-refractivity contribution in [2.75, 3.05) is 19.6 Å². The molecule has 1 aromatic carbocycles. The van der Waals surface area contributed by atoms with Crippen molar-refractivity contribution in [2.45, 2.75) is 32.2 Å². The summed E-state index contributed by atoms with van der Waals surface area (Å²) in [5.74, 6) is -0.0975. The maximum atomic E-state index is 12.3. The number of alkyl halides is 3. The summed E-state index contributed by atoms with van der Waals surface area (Å²) in [6, 6.07) is 6.02. The third-order valence-electron chi connectivity index (χ3n) is 4.57.